The summed E-state index contributed by atoms with van der Waals surface area (Å²) >= 11 is 0. The number of hydrogen-bond acceptors (Lipinski definition) is 2. The molecule has 0 aliphatic carbocycles. The maximum Gasteiger partial charge on any atom is 0.104 e. The monoisotopic (exact) mass is 610 g/mol. The van der Waals surface area contributed by atoms with E-state index in [1.54, 1.807) is 6.20 Å². The predicted octanol–water partition coefficient (Wildman–Crippen LogP) is 11.6. The van der Waals surface area contributed by atoms with Gasteiger partial charge in [-0.1, -0.05) is 82.3 Å². The summed E-state index contributed by atoms with van der Waals surface area (Å²) in [7, 11) is 0. The average molecular weight is 611 g/mol. The minimum atomic E-state index is 0.403. The molecule has 4 nitrogen and oxygen atoms in total. The minimum Gasteiger partial charge on any atom is -0.308 e. The van der Waals surface area contributed by atoms with Crippen LogP contribution in [-0.2, 0) is 0 Å². The summed E-state index contributed by atoms with van der Waals surface area (Å²) in [5.74, 6) is 0.806. The lowest BCUT2D eigenvalue weighted by molar-refractivity contribution is 0.868. The SMILES string of the molecule is C=N/C=C\C(=C/C)c1cc(-n2c3ccccc3c3cc(C(C)C)ccc32)c(C#N)c(-n2c3ccccc3c3cc(C(C)C)ccc32)c1. The van der Waals surface area contributed by atoms with E-state index in [2.05, 4.69) is 158 Å². The zero-order chi connectivity index (χ0) is 32.8. The number of aromatic nitrogens is 2. The van der Waals surface area contributed by atoms with Gasteiger partial charge in [-0.15, -0.1) is 0 Å². The highest BCUT2D eigenvalue weighted by atomic mass is 15.0. The van der Waals surface area contributed by atoms with Crippen LogP contribution in [-0.4, -0.2) is 15.9 Å². The van der Waals surface area contributed by atoms with Gasteiger partial charge in [-0.3, -0.25) is 4.99 Å². The van der Waals surface area contributed by atoms with E-state index in [9.17, 15) is 5.26 Å². The third-order valence-corrected chi connectivity index (χ3v) is 9.42. The van der Waals surface area contributed by atoms with Crippen molar-refractivity contribution in [2.24, 2.45) is 4.99 Å². The van der Waals surface area contributed by atoms with Crippen LogP contribution in [0.1, 0.15) is 68.7 Å². The lowest BCUT2D eigenvalue weighted by Crippen LogP contribution is -2.06. The smallest absolute Gasteiger partial charge is 0.104 e. The van der Waals surface area contributed by atoms with Gasteiger partial charge in [-0.25, -0.2) is 0 Å². The van der Waals surface area contributed by atoms with E-state index in [0.29, 0.717) is 17.4 Å². The fraction of sp³-hybridized carbons (Fsp3) is 0.163. The number of fused-ring (bicyclic) bond motifs is 6. The number of para-hydroxylation sites is 2. The second-order valence-corrected chi connectivity index (χ2v) is 12.8. The Balaban J connectivity index is 1.65. The summed E-state index contributed by atoms with van der Waals surface area (Å²) in [6.45, 7) is 14.6. The Morgan fingerprint density at radius 2 is 1.15 bits per heavy atom. The van der Waals surface area contributed by atoms with Gasteiger partial charge in [-0.05, 0) is 102 Å². The lowest BCUT2D eigenvalue weighted by atomic mass is 9.99. The van der Waals surface area contributed by atoms with Crippen molar-refractivity contribution in [2.45, 2.75) is 46.5 Å². The molecule has 5 aromatic carbocycles. The molecule has 0 N–H and O–H groups in total. The standard InChI is InChI=1S/C43H38N4/c1-7-29(20-21-45-6)32-24-42(46-38-14-10-8-12-33(38)35-22-30(27(2)3)16-18-40(35)46)37(26-44)43(25-32)47-39-15-11-9-13-34(39)36-23-31(28(4)5)17-19-41(36)47/h7-25,27-28H,6H2,1-5H3/b21-20-,29-7+. The Bertz CT molecular complexity index is 2310. The van der Waals surface area contributed by atoms with Crippen molar-refractivity contribution in [3.63, 3.8) is 0 Å². The number of benzene rings is 5. The highest BCUT2D eigenvalue weighted by Gasteiger charge is 2.23. The van der Waals surface area contributed by atoms with Crippen LogP contribution in [0.25, 0.3) is 60.6 Å². The number of nitriles is 1. The van der Waals surface area contributed by atoms with Crippen molar-refractivity contribution in [3.8, 4) is 17.4 Å². The van der Waals surface area contributed by atoms with Crippen LogP contribution in [0, 0.1) is 11.3 Å². The fourth-order valence-electron chi connectivity index (χ4n) is 6.96. The third kappa shape index (κ3) is 4.87. The second-order valence-electron chi connectivity index (χ2n) is 12.8. The molecule has 0 aliphatic heterocycles. The number of aliphatic imine (C=N–C) groups is 1. The number of hydrogen-bond donors (Lipinski definition) is 0. The van der Waals surface area contributed by atoms with Gasteiger partial charge in [0.2, 0.25) is 0 Å². The van der Waals surface area contributed by atoms with Crippen molar-refractivity contribution in [3.05, 3.63) is 138 Å². The van der Waals surface area contributed by atoms with E-state index < -0.39 is 0 Å². The Labute approximate surface area is 276 Å². The second kappa shape index (κ2) is 11.9. The molecule has 0 saturated heterocycles. The van der Waals surface area contributed by atoms with E-state index in [1.165, 1.54) is 32.7 Å². The van der Waals surface area contributed by atoms with Crippen LogP contribution in [0.5, 0.6) is 0 Å². The highest BCUT2D eigenvalue weighted by Crippen LogP contribution is 2.40. The van der Waals surface area contributed by atoms with Gasteiger partial charge in [0, 0.05) is 27.7 Å². The first-order valence-electron chi connectivity index (χ1n) is 16.3. The molecule has 0 saturated carbocycles. The molecule has 2 aromatic heterocycles. The summed E-state index contributed by atoms with van der Waals surface area (Å²) in [5.41, 5.74) is 11.1. The maximum absolute atomic E-state index is 11.1. The van der Waals surface area contributed by atoms with Gasteiger partial charge in [0.05, 0.1) is 33.4 Å². The molecule has 47 heavy (non-hydrogen) atoms. The molecule has 0 atom stereocenters. The van der Waals surface area contributed by atoms with E-state index in [4.69, 9.17) is 0 Å². The molecule has 0 amide bonds. The van der Waals surface area contributed by atoms with Crippen molar-refractivity contribution in [2.75, 3.05) is 0 Å². The minimum absolute atomic E-state index is 0.403. The lowest BCUT2D eigenvalue weighted by Gasteiger charge is -2.19. The molecular weight excluding hydrogens is 573 g/mol. The Hall–Kier alpha value is -5.66. The normalized spacial score (nSPS) is 12.4. The highest BCUT2D eigenvalue weighted by molar-refractivity contribution is 6.11. The van der Waals surface area contributed by atoms with Crippen LogP contribution >= 0.6 is 0 Å². The number of rotatable bonds is 7. The average Bonchev–Trinajstić information content (AvgIpc) is 3.60. The topological polar surface area (TPSA) is 46.0 Å². The molecule has 0 fully saturated rings. The summed E-state index contributed by atoms with van der Waals surface area (Å²) in [5, 5.41) is 15.8. The van der Waals surface area contributed by atoms with Gasteiger partial charge in [-0.2, -0.15) is 5.26 Å². The van der Waals surface area contributed by atoms with Crippen molar-refractivity contribution >= 4 is 55.9 Å². The van der Waals surface area contributed by atoms with Crippen molar-refractivity contribution in [1.29, 1.82) is 5.26 Å². The molecule has 4 heteroatoms. The predicted molar refractivity (Wildman–Crippen MR) is 200 cm³/mol. The van der Waals surface area contributed by atoms with Crippen LogP contribution in [0.15, 0.2) is 120 Å². The quantitative estimate of drug-likeness (QED) is 0.131. The van der Waals surface area contributed by atoms with Crippen molar-refractivity contribution in [1.82, 2.24) is 9.13 Å². The Morgan fingerprint density at radius 1 is 0.681 bits per heavy atom. The van der Waals surface area contributed by atoms with Crippen LogP contribution < -0.4 is 0 Å². The van der Waals surface area contributed by atoms with Crippen LogP contribution in [0.2, 0.25) is 0 Å². The molecule has 7 aromatic rings. The van der Waals surface area contributed by atoms with Crippen LogP contribution in [0.3, 0.4) is 0 Å². The molecule has 230 valence electrons. The van der Waals surface area contributed by atoms with Crippen LogP contribution in [0.4, 0.5) is 0 Å². The van der Waals surface area contributed by atoms with Crippen molar-refractivity contribution < 1.29 is 0 Å². The molecule has 0 radical (unpaired) electrons. The summed E-state index contributed by atoms with van der Waals surface area (Å²) < 4.78 is 4.54. The third-order valence-electron chi connectivity index (χ3n) is 9.42. The van der Waals surface area contributed by atoms with Gasteiger partial charge >= 0.3 is 0 Å². The van der Waals surface area contributed by atoms with E-state index in [0.717, 1.165) is 44.6 Å². The zero-order valence-electron chi connectivity index (χ0n) is 27.6. The zero-order valence-corrected chi connectivity index (χ0v) is 27.6. The van der Waals surface area contributed by atoms with E-state index >= 15 is 0 Å². The molecule has 0 unspecified atom stereocenters. The molecule has 0 bridgehead atoms. The van der Waals surface area contributed by atoms with E-state index in [-0.39, 0.29) is 0 Å². The van der Waals surface area contributed by atoms with E-state index in [1.807, 2.05) is 13.0 Å². The summed E-state index contributed by atoms with van der Waals surface area (Å²) in [4.78, 5) is 4.00. The Morgan fingerprint density at radius 3 is 1.57 bits per heavy atom. The number of allylic oxidation sites excluding steroid dienone is 3. The van der Waals surface area contributed by atoms with Gasteiger partial charge in [0.25, 0.3) is 0 Å². The van der Waals surface area contributed by atoms with Gasteiger partial charge in [0.15, 0.2) is 0 Å². The first-order chi connectivity index (χ1) is 22.9. The molecule has 0 aliphatic rings. The first-order valence-corrected chi connectivity index (χ1v) is 16.3. The van der Waals surface area contributed by atoms with Gasteiger partial charge in [0.1, 0.15) is 11.6 Å². The maximum atomic E-state index is 11.1. The molecular formula is C43H38N4. The first kappa shape index (κ1) is 30.0. The summed E-state index contributed by atoms with van der Waals surface area (Å²) in [6, 6.07) is 37.5. The summed E-state index contributed by atoms with van der Waals surface area (Å²) in [6.07, 6.45) is 5.77. The molecule has 7 rings (SSSR count). The number of nitrogens with zero attached hydrogens (tertiary/aromatic N) is 4. The Kier molecular flexibility index (Phi) is 7.62. The van der Waals surface area contributed by atoms with Gasteiger partial charge < -0.3 is 9.13 Å². The fourth-order valence-corrected chi connectivity index (χ4v) is 6.96. The largest absolute Gasteiger partial charge is 0.308 e. The molecule has 0 spiro atoms. The molecule has 2 heterocycles.